The smallest absolute Gasteiger partial charge is 0.261 e. The monoisotopic (exact) mass is 361 g/mol. The molecule has 0 aliphatic carbocycles. The summed E-state index contributed by atoms with van der Waals surface area (Å²) in [7, 11) is -2.49. The molecule has 0 spiro atoms. The van der Waals surface area contributed by atoms with Gasteiger partial charge in [0.15, 0.2) is 0 Å². The zero-order valence-electron chi connectivity index (χ0n) is 16.1. The van der Waals surface area contributed by atoms with E-state index in [9.17, 15) is 0 Å². The van der Waals surface area contributed by atoms with E-state index >= 15 is 0 Å². The number of hydrogen-bond donors (Lipinski definition) is 0. The summed E-state index contributed by atoms with van der Waals surface area (Å²) in [6, 6.07) is 25.6. The van der Waals surface area contributed by atoms with Crippen molar-refractivity contribution in [3.63, 3.8) is 0 Å². The molecule has 0 radical (unpaired) electrons. The van der Waals surface area contributed by atoms with Crippen molar-refractivity contribution in [2.75, 3.05) is 0 Å². The first-order valence-corrected chi connectivity index (χ1v) is 11.0. The van der Waals surface area contributed by atoms with E-state index in [0.29, 0.717) is 6.61 Å². The van der Waals surface area contributed by atoms with Gasteiger partial charge in [0.25, 0.3) is 8.32 Å². The molecule has 0 fully saturated rings. The van der Waals surface area contributed by atoms with Gasteiger partial charge in [0.05, 0.1) is 12.3 Å². The Labute approximate surface area is 158 Å². The van der Waals surface area contributed by atoms with Crippen LogP contribution in [0.15, 0.2) is 79.0 Å². The third-order valence-corrected chi connectivity index (χ3v) is 9.81. The van der Waals surface area contributed by atoms with E-state index in [4.69, 9.17) is 4.43 Å². The van der Waals surface area contributed by atoms with Gasteiger partial charge in [-0.3, -0.25) is 4.98 Å². The third kappa shape index (κ3) is 3.64. The summed E-state index contributed by atoms with van der Waals surface area (Å²) in [5.74, 6) is 0. The number of rotatable bonds is 5. The molecule has 2 nitrogen and oxygen atoms in total. The zero-order valence-corrected chi connectivity index (χ0v) is 17.1. The van der Waals surface area contributed by atoms with Crippen LogP contribution in [0, 0.1) is 6.92 Å². The van der Waals surface area contributed by atoms with Gasteiger partial charge in [0.1, 0.15) is 0 Å². The Kier molecular flexibility index (Phi) is 5.40. The summed E-state index contributed by atoms with van der Waals surface area (Å²) < 4.78 is 6.88. The molecule has 1 heterocycles. The molecule has 0 N–H and O–H groups in total. The van der Waals surface area contributed by atoms with Crippen molar-refractivity contribution in [1.29, 1.82) is 0 Å². The second-order valence-corrected chi connectivity index (χ2v) is 12.1. The van der Waals surface area contributed by atoms with Gasteiger partial charge in [-0.1, -0.05) is 81.4 Å². The second-order valence-electron chi connectivity index (χ2n) is 7.78. The van der Waals surface area contributed by atoms with E-state index in [1.54, 1.807) is 0 Å². The van der Waals surface area contributed by atoms with Crippen LogP contribution in [0.1, 0.15) is 32.0 Å². The van der Waals surface area contributed by atoms with E-state index < -0.39 is 8.32 Å². The maximum atomic E-state index is 6.88. The Morgan fingerprint density at radius 1 is 0.846 bits per heavy atom. The molecule has 3 heteroatoms. The average Bonchev–Trinajstić information content (AvgIpc) is 2.63. The highest BCUT2D eigenvalue weighted by Crippen LogP contribution is 2.37. The fraction of sp³-hybridized carbons (Fsp3) is 0.261. The van der Waals surface area contributed by atoms with Gasteiger partial charge in [0.2, 0.25) is 0 Å². The van der Waals surface area contributed by atoms with Gasteiger partial charge in [-0.2, -0.15) is 0 Å². The number of hydrogen-bond acceptors (Lipinski definition) is 2. The van der Waals surface area contributed by atoms with Gasteiger partial charge < -0.3 is 4.43 Å². The topological polar surface area (TPSA) is 22.1 Å². The predicted molar refractivity (Wildman–Crippen MR) is 111 cm³/mol. The van der Waals surface area contributed by atoms with E-state index in [0.717, 1.165) is 5.69 Å². The van der Waals surface area contributed by atoms with Crippen LogP contribution in [-0.4, -0.2) is 13.3 Å². The fourth-order valence-corrected chi connectivity index (χ4v) is 8.14. The van der Waals surface area contributed by atoms with Crippen molar-refractivity contribution < 1.29 is 4.43 Å². The Morgan fingerprint density at radius 2 is 1.38 bits per heavy atom. The van der Waals surface area contributed by atoms with Crippen LogP contribution in [0.25, 0.3) is 0 Å². The molecule has 0 aliphatic rings. The number of pyridine rings is 1. The summed E-state index contributed by atoms with van der Waals surface area (Å²) >= 11 is 0. The number of aromatic nitrogens is 1. The van der Waals surface area contributed by atoms with E-state index in [1.165, 1.54) is 15.9 Å². The number of benzene rings is 2. The minimum Gasteiger partial charge on any atom is -0.402 e. The molecule has 0 unspecified atom stereocenters. The molecule has 0 atom stereocenters. The highest BCUT2D eigenvalue weighted by molar-refractivity contribution is 6.99. The van der Waals surface area contributed by atoms with Crippen LogP contribution in [0.5, 0.6) is 0 Å². The molecular weight excluding hydrogens is 334 g/mol. The van der Waals surface area contributed by atoms with Crippen molar-refractivity contribution in [1.82, 2.24) is 4.98 Å². The minimum absolute atomic E-state index is 0.0144. The highest BCUT2D eigenvalue weighted by atomic mass is 28.4. The van der Waals surface area contributed by atoms with Crippen LogP contribution < -0.4 is 10.4 Å². The van der Waals surface area contributed by atoms with Crippen molar-refractivity contribution in [3.8, 4) is 0 Å². The van der Waals surface area contributed by atoms with Crippen molar-refractivity contribution in [2.24, 2.45) is 0 Å². The SMILES string of the molecule is Cc1ccnc(CO[Si](c2ccccc2)(c2ccccc2)C(C)(C)C)c1. The van der Waals surface area contributed by atoms with Crippen LogP contribution in [0.4, 0.5) is 0 Å². The quantitative estimate of drug-likeness (QED) is 0.626. The van der Waals surface area contributed by atoms with Crippen LogP contribution in [0.2, 0.25) is 5.04 Å². The summed E-state index contributed by atoms with van der Waals surface area (Å²) in [6.45, 7) is 9.50. The Hall–Kier alpha value is -2.23. The first kappa shape index (κ1) is 18.6. The first-order valence-electron chi connectivity index (χ1n) is 9.10. The van der Waals surface area contributed by atoms with Gasteiger partial charge in [0, 0.05) is 6.20 Å². The van der Waals surface area contributed by atoms with Gasteiger partial charge in [-0.25, -0.2) is 0 Å². The zero-order chi connectivity index (χ0) is 18.6. The molecule has 26 heavy (non-hydrogen) atoms. The summed E-state index contributed by atoms with van der Waals surface area (Å²) in [5.41, 5.74) is 2.19. The van der Waals surface area contributed by atoms with E-state index in [2.05, 4.69) is 99.4 Å². The lowest BCUT2D eigenvalue weighted by atomic mass is 10.2. The molecular formula is C23H27NOSi. The lowest BCUT2D eigenvalue weighted by Gasteiger charge is -2.43. The fourth-order valence-electron chi connectivity index (χ4n) is 3.62. The van der Waals surface area contributed by atoms with Crippen LogP contribution in [0.3, 0.4) is 0 Å². The van der Waals surface area contributed by atoms with Crippen LogP contribution >= 0.6 is 0 Å². The van der Waals surface area contributed by atoms with Gasteiger partial charge in [-0.15, -0.1) is 0 Å². The molecule has 0 saturated carbocycles. The third-order valence-electron chi connectivity index (χ3n) is 4.83. The predicted octanol–water partition coefficient (Wildman–Crippen LogP) is 4.47. The molecule has 0 amide bonds. The lowest BCUT2D eigenvalue weighted by Crippen LogP contribution is -2.66. The van der Waals surface area contributed by atoms with Gasteiger partial charge in [-0.05, 0) is 40.0 Å². The molecule has 3 rings (SSSR count). The van der Waals surface area contributed by atoms with Crippen molar-refractivity contribution in [2.45, 2.75) is 39.3 Å². The van der Waals surface area contributed by atoms with E-state index in [1.807, 2.05) is 12.3 Å². The largest absolute Gasteiger partial charge is 0.402 e. The Morgan fingerprint density at radius 3 is 1.85 bits per heavy atom. The second kappa shape index (κ2) is 7.56. The normalized spacial score (nSPS) is 12.2. The lowest BCUT2D eigenvalue weighted by molar-refractivity contribution is 0.281. The molecule has 134 valence electrons. The number of aryl methyl sites for hydroxylation is 1. The molecule has 1 aromatic heterocycles. The van der Waals surface area contributed by atoms with Crippen LogP contribution in [-0.2, 0) is 11.0 Å². The molecule has 2 aromatic carbocycles. The minimum atomic E-state index is -2.49. The molecule has 0 saturated heterocycles. The first-order chi connectivity index (χ1) is 12.4. The summed E-state index contributed by atoms with van der Waals surface area (Å²) in [5, 5.41) is 2.58. The Bertz CT molecular complexity index is 801. The maximum Gasteiger partial charge on any atom is 0.261 e. The van der Waals surface area contributed by atoms with Gasteiger partial charge >= 0.3 is 0 Å². The number of nitrogens with zero attached hydrogens (tertiary/aromatic N) is 1. The summed E-state index contributed by atoms with van der Waals surface area (Å²) in [4.78, 5) is 4.51. The maximum absolute atomic E-state index is 6.88. The van der Waals surface area contributed by atoms with Crippen molar-refractivity contribution in [3.05, 3.63) is 90.3 Å². The van der Waals surface area contributed by atoms with E-state index in [-0.39, 0.29) is 5.04 Å². The molecule has 0 bridgehead atoms. The Balaban J connectivity index is 2.11. The standard InChI is InChI=1S/C23H27NOSi/c1-19-15-16-24-20(17-19)18-25-26(23(2,3)4,21-11-7-5-8-12-21)22-13-9-6-10-14-22/h5-17H,18H2,1-4H3. The highest BCUT2D eigenvalue weighted by Gasteiger charge is 2.50. The summed E-state index contributed by atoms with van der Waals surface area (Å²) in [6.07, 6.45) is 1.86. The molecule has 0 aliphatic heterocycles. The average molecular weight is 362 g/mol. The van der Waals surface area contributed by atoms with Crippen molar-refractivity contribution >= 4 is 18.7 Å². The molecule has 3 aromatic rings.